The quantitative estimate of drug-likeness (QED) is 0.661. The van der Waals surface area contributed by atoms with E-state index in [1.807, 2.05) is 0 Å². The number of aromatic nitrogens is 2. The highest BCUT2D eigenvalue weighted by Gasteiger charge is 2.43. The van der Waals surface area contributed by atoms with Crippen molar-refractivity contribution in [2.75, 3.05) is 5.75 Å². The molecule has 0 radical (unpaired) electrons. The van der Waals surface area contributed by atoms with Crippen molar-refractivity contribution in [2.45, 2.75) is 21.3 Å². The molecular weight excluding hydrogens is 306 g/mol. The number of carboxylic acids is 1. The Bertz CT molecular complexity index is 545. The van der Waals surface area contributed by atoms with Crippen molar-refractivity contribution in [3.8, 4) is 0 Å². The third-order valence-corrected chi connectivity index (χ3v) is 6.46. The number of carboxylic acid groups (broad SMARTS) is 1. The average molecular weight is 315 g/mol. The lowest BCUT2D eigenvalue weighted by molar-refractivity contribution is -0.138. The van der Waals surface area contributed by atoms with Gasteiger partial charge in [-0.25, -0.2) is 4.79 Å². The summed E-state index contributed by atoms with van der Waals surface area (Å²) < 4.78 is 4.74. The average Bonchev–Trinajstić information content (AvgIpc) is 2.87. The molecule has 2 atom stereocenters. The minimum Gasteiger partial charge on any atom is -0.478 e. The smallest absolute Gasteiger partial charge is 0.334 e. The van der Waals surface area contributed by atoms with Gasteiger partial charge in [0.05, 0.1) is 23.6 Å². The third kappa shape index (κ3) is 2.49. The van der Waals surface area contributed by atoms with Gasteiger partial charge in [-0.15, -0.1) is 28.6 Å². The lowest BCUT2D eigenvalue weighted by Crippen LogP contribution is -2.51. The molecule has 1 aromatic rings. The molecule has 2 aliphatic heterocycles. The van der Waals surface area contributed by atoms with Crippen LogP contribution in [0, 0.1) is 0 Å². The highest BCUT2D eigenvalue weighted by atomic mass is 32.2. The molecule has 1 fully saturated rings. The summed E-state index contributed by atoms with van der Waals surface area (Å²) in [4.78, 5) is 24.1. The van der Waals surface area contributed by atoms with Crippen molar-refractivity contribution in [2.24, 2.45) is 0 Å². The van der Waals surface area contributed by atoms with E-state index in [4.69, 9.17) is 0 Å². The summed E-state index contributed by atoms with van der Waals surface area (Å²) in [7, 11) is 0. The second kappa shape index (κ2) is 5.14. The first-order valence-electron chi connectivity index (χ1n) is 5.47. The van der Waals surface area contributed by atoms with Crippen molar-refractivity contribution in [1.82, 2.24) is 14.5 Å². The summed E-state index contributed by atoms with van der Waals surface area (Å²) >= 11 is 4.39. The number of fused-ring (bicyclic) bond motifs is 1. The molecule has 0 saturated carbocycles. The zero-order valence-electron chi connectivity index (χ0n) is 9.55. The molecule has 3 rings (SSSR count). The monoisotopic (exact) mass is 315 g/mol. The van der Waals surface area contributed by atoms with Crippen LogP contribution in [0.1, 0.15) is 6.42 Å². The maximum atomic E-state index is 11.3. The van der Waals surface area contributed by atoms with Gasteiger partial charge in [-0.05, 0) is 11.5 Å². The van der Waals surface area contributed by atoms with E-state index in [1.165, 1.54) is 22.6 Å². The molecule has 19 heavy (non-hydrogen) atoms. The zero-order valence-corrected chi connectivity index (χ0v) is 12.0. The predicted octanol–water partition coefficient (Wildman–Crippen LogP) is 1.27. The molecular formula is C10H9N3O3S3. The molecule has 1 aromatic heterocycles. The van der Waals surface area contributed by atoms with Crippen LogP contribution >= 0.6 is 35.1 Å². The molecule has 0 bridgehead atoms. The van der Waals surface area contributed by atoms with Crippen molar-refractivity contribution in [3.05, 3.63) is 18.0 Å². The van der Waals surface area contributed by atoms with E-state index in [-0.39, 0.29) is 16.5 Å². The molecule has 6 nitrogen and oxygen atoms in total. The first kappa shape index (κ1) is 12.9. The molecule has 1 amide bonds. The number of nitrogens with zero attached hydrogens (tertiary/aromatic N) is 3. The first-order chi connectivity index (χ1) is 9.15. The number of aliphatic carboxylic acids is 1. The summed E-state index contributed by atoms with van der Waals surface area (Å²) in [5.41, 5.74) is 0.291. The van der Waals surface area contributed by atoms with Gasteiger partial charge < -0.3 is 10.0 Å². The number of hydrogen-bond donors (Lipinski definition) is 1. The minimum absolute atomic E-state index is 0.00555. The van der Waals surface area contributed by atoms with Gasteiger partial charge in [0.15, 0.2) is 0 Å². The van der Waals surface area contributed by atoms with E-state index in [1.54, 1.807) is 29.7 Å². The molecule has 3 heterocycles. The number of carbonyl (C=O) groups excluding carboxylic acids is 1. The van der Waals surface area contributed by atoms with Gasteiger partial charge in [0, 0.05) is 17.2 Å². The Morgan fingerprint density at radius 1 is 1.63 bits per heavy atom. The fourth-order valence-electron chi connectivity index (χ4n) is 1.87. The van der Waals surface area contributed by atoms with Crippen LogP contribution in [-0.2, 0) is 9.59 Å². The first-order valence-corrected chi connectivity index (χ1v) is 8.17. The lowest BCUT2D eigenvalue weighted by atomic mass is 10.1. The largest absolute Gasteiger partial charge is 0.478 e. The molecule has 100 valence electrons. The molecule has 1 N–H and O–H groups in total. The van der Waals surface area contributed by atoms with Gasteiger partial charge in [0.1, 0.15) is 4.21 Å². The van der Waals surface area contributed by atoms with Gasteiger partial charge in [-0.1, -0.05) is 4.49 Å². The molecule has 0 spiro atoms. The Morgan fingerprint density at radius 2 is 2.47 bits per heavy atom. The number of rotatable bonds is 4. The highest BCUT2D eigenvalue weighted by molar-refractivity contribution is 8.04. The number of thioether (sulfide) groups is 2. The van der Waals surface area contributed by atoms with Crippen LogP contribution in [0.4, 0.5) is 0 Å². The van der Waals surface area contributed by atoms with E-state index in [0.29, 0.717) is 17.7 Å². The van der Waals surface area contributed by atoms with E-state index in [2.05, 4.69) is 9.59 Å². The van der Waals surface area contributed by atoms with Crippen LogP contribution < -0.4 is 0 Å². The fraction of sp³-hybridized carbons (Fsp3) is 0.400. The van der Waals surface area contributed by atoms with Crippen LogP contribution in [0.3, 0.4) is 0 Å². The van der Waals surface area contributed by atoms with E-state index < -0.39 is 5.97 Å². The van der Waals surface area contributed by atoms with E-state index in [9.17, 15) is 14.7 Å². The maximum absolute atomic E-state index is 11.3. The van der Waals surface area contributed by atoms with Gasteiger partial charge in [0.25, 0.3) is 0 Å². The van der Waals surface area contributed by atoms with Gasteiger partial charge in [0.2, 0.25) is 5.91 Å². The minimum atomic E-state index is -0.960. The fourth-order valence-corrected chi connectivity index (χ4v) is 5.02. The molecule has 1 unspecified atom stereocenters. The molecule has 9 heteroatoms. The van der Waals surface area contributed by atoms with Crippen LogP contribution in [0.5, 0.6) is 0 Å². The normalized spacial score (nSPS) is 25.6. The van der Waals surface area contributed by atoms with Gasteiger partial charge in [-0.3, -0.25) is 4.79 Å². The summed E-state index contributed by atoms with van der Waals surface area (Å²) in [6, 6.07) is 0. The Morgan fingerprint density at radius 3 is 3.11 bits per heavy atom. The van der Waals surface area contributed by atoms with Crippen LogP contribution in [0.15, 0.2) is 22.2 Å². The van der Waals surface area contributed by atoms with E-state index >= 15 is 0 Å². The summed E-state index contributed by atoms with van der Waals surface area (Å²) in [6.45, 7) is 0. The van der Waals surface area contributed by atoms with E-state index in [0.717, 1.165) is 4.21 Å². The van der Waals surface area contributed by atoms with Crippen LogP contribution in [0.2, 0.25) is 0 Å². The van der Waals surface area contributed by atoms with Crippen LogP contribution in [-0.4, -0.2) is 47.8 Å². The molecule has 0 aromatic carbocycles. The Hall–Kier alpha value is -1.06. The SMILES string of the molecule is O=C(O)C1=CN2C(=O)C[C@H]2SC1CSc1cnns1. The second-order valence-corrected chi connectivity index (χ2v) is 7.51. The Labute approximate surface area is 121 Å². The Kier molecular flexibility index (Phi) is 3.50. The second-order valence-electron chi connectivity index (χ2n) is 4.02. The number of amides is 1. The highest BCUT2D eigenvalue weighted by Crippen LogP contribution is 2.42. The topological polar surface area (TPSA) is 83.4 Å². The summed E-state index contributed by atoms with van der Waals surface area (Å²) in [5.74, 6) is -0.321. The maximum Gasteiger partial charge on any atom is 0.334 e. The lowest BCUT2D eigenvalue weighted by Gasteiger charge is -2.43. The van der Waals surface area contributed by atoms with Gasteiger partial charge in [-0.2, -0.15) is 0 Å². The zero-order chi connectivity index (χ0) is 13.4. The van der Waals surface area contributed by atoms with Crippen LogP contribution in [0.25, 0.3) is 0 Å². The molecule has 1 saturated heterocycles. The molecule has 0 aliphatic carbocycles. The third-order valence-electron chi connectivity index (χ3n) is 2.86. The van der Waals surface area contributed by atoms with Crippen molar-refractivity contribution in [1.29, 1.82) is 0 Å². The van der Waals surface area contributed by atoms with Crippen molar-refractivity contribution < 1.29 is 14.7 Å². The van der Waals surface area contributed by atoms with Gasteiger partial charge >= 0.3 is 5.97 Å². The summed E-state index contributed by atoms with van der Waals surface area (Å²) in [5, 5.41) is 13.0. The van der Waals surface area contributed by atoms with Crippen molar-refractivity contribution in [3.63, 3.8) is 0 Å². The molecule has 2 aliphatic rings. The number of carbonyl (C=O) groups is 2. The predicted molar refractivity (Wildman–Crippen MR) is 73.0 cm³/mol. The number of hydrogen-bond acceptors (Lipinski definition) is 7. The summed E-state index contributed by atoms with van der Waals surface area (Å²) in [6.07, 6.45) is 3.66. The van der Waals surface area contributed by atoms with Crippen molar-refractivity contribution >= 4 is 46.9 Å². The number of β-lactam (4-membered cyclic amide) rings is 1. The Balaban J connectivity index is 1.72. The standard InChI is InChI=1S/C10H9N3O3S3/c14-7-1-8-13(7)3-5(10(15)16)6(18-8)4-17-9-2-11-12-19-9/h2-3,6,8H,1,4H2,(H,15,16)/t6?,8-/m1/s1.